The van der Waals surface area contributed by atoms with E-state index >= 15 is 0 Å². The number of para-hydroxylation sites is 2. The van der Waals surface area contributed by atoms with E-state index in [0.717, 1.165) is 58.7 Å². The minimum Gasteiger partial charge on any atom is -0.458 e. The summed E-state index contributed by atoms with van der Waals surface area (Å²) in [7, 11) is 0. The molecular formula is C46H35BN2O2. The van der Waals surface area contributed by atoms with Gasteiger partial charge in [0.05, 0.1) is 11.0 Å². The smallest absolute Gasteiger partial charge is 0.262 e. The lowest BCUT2D eigenvalue weighted by Crippen LogP contribution is -2.51. The van der Waals surface area contributed by atoms with Crippen LogP contribution < -0.4 is 20.4 Å². The summed E-state index contributed by atoms with van der Waals surface area (Å²) in [5.41, 5.74) is 13.3. The van der Waals surface area contributed by atoms with Gasteiger partial charge in [0, 0.05) is 34.3 Å². The number of pyridine rings is 1. The standard InChI is InChI=1S/C46H35BN2O2/c1-3-5-18-42-38(4-2)47-39-28-48-22-21-43(39)51-45-25-29(24-44(50-42)46(45)47)23-31-26-30-12-6-7-13-33(30)37-27-32(19-20-34(31)37)49-40-16-10-8-14-35(40)36-15-9-11-17-41(36)49/h4-22,24-25,27-28,31H,2-3,23,26H2,1H3/b18-5-. The highest BCUT2D eigenvalue weighted by Crippen LogP contribution is 2.44. The summed E-state index contributed by atoms with van der Waals surface area (Å²) >= 11 is 0. The first-order chi connectivity index (χ1) is 25.2. The maximum atomic E-state index is 6.70. The first-order valence-corrected chi connectivity index (χ1v) is 17.9. The average Bonchev–Trinajstić information content (AvgIpc) is 3.51. The van der Waals surface area contributed by atoms with Crippen molar-refractivity contribution in [3.8, 4) is 34.1 Å². The highest BCUT2D eigenvalue weighted by Gasteiger charge is 2.41. The highest BCUT2D eigenvalue weighted by atomic mass is 16.5. The fourth-order valence-electron chi connectivity index (χ4n) is 8.70. The fraction of sp³-hybridized carbons (Fsp3) is 0.109. The summed E-state index contributed by atoms with van der Waals surface area (Å²) in [5.74, 6) is 3.65. The van der Waals surface area contributed by atoms with Crippen LogP contribution in [0.15, 0.2) is 158 Å². The van der Waals surface area contributed by atoms with E-state index in [1.165, 1.54) is 55.3 Å². The van der Waals surface area contributed by atoms with Gasteiger partial charge < -0.3 is 14.0 Å². The van der Waals surface area contributed by atoms with Crippen molar-refractivity contribution in [2.45, 2.75) is 32.1 Å². The minimum atomic E-state index is -0.0502. The van der Waals surface area contributed by atoms with E-state index in [9.17, 15) is 0 Å². The van der Waals surface area contributed by atoms with Crippen LogP contribution in [-0.4, -0.2) is 16.3 Å². The molecule has 1 unspecified atom stereocenters. The normalized spacial score (nSPS) is 15.6. The summed E-state index contributed by atoms with van der Waals surface area (Å²) < 4.78 is 15.7. The molecule has 1 aliphatic carbocycles. The molecule has 1 atom stereocenters. The molecule has 5 heteroatoms. The Labute approximate surface area is 298 Å². The van der Waals surface area contributed by atoms with Crippen molar-refractivity contribution in [1.29, 1.82) is 0 Å². The average molecular weight is 659 g/mol. The lowest BCUT2D eigenvalue weighted by molar-refractivity contribution is 0.432. The van der Waals surface area contributed by atoms with Gasteiger partial charge in [-0.15, -0.1) is 0 Å². The number of hydrogen-bond donors (Lipinski definition) is 0. The van der Waals surface area contributed by atoms with Crippen LogP contribution in [0.2, 0.25) is 0 Å². The molecule has 0 fully saturated rings. The lowest BCUT2D eigenvalue weighted by atomic mass is 9.34. The van der Waals surface area contributed by atoms with Gasteiger partial charge in [-0.1, -0.05) is 92.4 Å². The van der Waals surface area contributed by atoms with Gasteiger partial charge in [-0.2, -0.15) is 0 Å². The van der Waals surface area contributed by atoms with Crippen LogP contribution in [0.1, 0.15) is 36.0 Å². The number of hydrogen-bond acceptors (Lipinski definition) is 3. The Bertz CT molecular complexity index is 2580. The molecule has 4 heterocycles. The molecule has 5 aromatic carbocycles. The Morgan fingerprint density at radius 2 is 1.57 bits per heavy atom. The van der Waals surface area contributed by atoms with Crippen molar-refractivity contribution < 1.29 is 9.47 Å². The van der Waals surface area contributed by atoms with Crippen molar-refractivity contribution in [1.82, 2.24) is 9.55 Å². The molecule has 7 aromatic rings. The molecule has 4 nitrogen and oxygen atoms in total. The maximum Gasteiger partial charge on any atom is 0.262 e. The van der Waals surface area contributed by atoms with E-state index in [1.54, 1.807) is 6.20 Å². The van der Waals surface area contributed by atoms with E-state index < -0.39 is 0 Å². The summed E-state index contributed by atoms with van der Waals surface area (Å²) in [6.45, 7) is 6.28. The molecule has 0 spiro atoms. The van der Waals surface area contributed by atoms with Gasteiger partial charge in [0.1, 0.15) is 23.0 Å². The maximum absolute atomic E-state index is 6.70. The van der Waals surface area contributed by atoms with Crippen molar-refractivity contribution >= 4 is 39.4 Å². The van der Waals surface area contributed by atoms with E-state index in [1.807, 2.05) is 18.3 Å². The largest absolute Gasteiger partial charge is 0.458 e. The highest BCUT2D eigenvalue weighted by molar-refractivity contribution is 6.93. The zero-order valence-corrected chi connectivity index (χ0v) is 28.5. The SMILES string of the molecule is C=CC1=C(/C=C\CC)Oc2cc(CC3Cc4ccccc4-c4cc(-n5c6ccccc6c6ccccc65)ccc43)cc3c2B1c1cnccc1O3. The molecule has 51 heavy (non-hydrogen) atoms. The van der Waals surface area contributed by atoms with Gasteiger partial charge in [0.2, 0.25) is 0 Å². The zero-order valence-electron chi connectivity index (χ0n) is 28.5. The zero-order chi connectivity index (χ0) is 34.1. The Morgan fingerprint density at radius 3 is 2.35 bits per heavy atom. The monoisotopic (exact) mass is 658 g/mol. The van der Waals surface area contributed by atoms with Gasteiger partial charge in [0.25, 0.3) is 6.71 Å². The van der Waals surface area contributed by atoms with Crippen LogP contribution in [0.25, 0.3) is 38.6 Å². The molecule has 0 saturated heterocycles. The van der Waals surface area contributed by atoms with Crippen LogP contribution in [0.5, 0.6) is 17.2 Å². The van der Waals surface area contributed by atoms with Gasteiger partial charge >= 0.3 is 0 Å². The molecule has 0 radical (unpaired) electrons. The Balaban J connectivity index is 1.09. The number of allylic oxidation sites excluding steroid dienone is 4. The number of fused-ring (bicyclic) bond motifs is 8. The van der Waals surface area contributed by atoms with Crippen LogP contribution in [0.4, 0.5) is 0 Å². The Hall–Kier alpha value is -6.07. The lowest BCUT2D eigenvalue weighted by Gasteiger charge is -2.34. The van der Waals surface area contributed by atoms with Crippen LogP contribution in [0, 0.1) is 0 Å². The molecule has 0 bridgehead atoms. The summed E-state index contributed by atoms with van der Waals surface area (Å²) in [4.78, 5) is 4.47. The molecule has 0 N–H and O–H groups in total. The third kappa shape index (κ3) is 4.65. The first-order valence-electron chi connectivity index (χ1n) is 17.9. The van der Waals surface area contributed by atoms with Gasteiger partial charge in [-0.3, -0.25) is 4.98 Å². The summed E-state index contributed by atoms with van der Waals surface area (Å²) in [5, 5.41) is 2.55. The third-order valence-corrected chi connectivity index (χ3v) is 10.9. The van der Waals surface area contributed by atoms with Crippen LogP contribution in [0.3, 0.4) is 0 Å². The third-order valence-electron chi connectivity index (χ3n) is 10.9. The molecule has 2 aliphatic heterocycles. The van der Waals surface area contributed by atoms with E-state index in [2.05, 4.69) is 138 Å². The van der Waals surface area contributed by atoms with Crippen molar-refractivity contribution in [3.63, 3.8) is 0 Å². The molecule has 2 aromatic heterocycles. The van der Waals surface area contributed by atoms with Crippen molar-refractivity contribution in [2.24, 2.45) is 0 Å². The summed E-state index contributed by atoms with van der Waals surface area (Å²) in [6, 6.07) is 39.9. The Kier molecular flexibility index (Phi) is 6.88. The van der Waals surface area contributed by atoms with Gasteiger partial charge in [0.15, 0.2) is 0 Å². The predicted octanol–water partition coefficient (Wildman–Crippen LogP) is 9.78. The second-order valence-electron chi connectivity index (χ2n) is 13.8. The number of nitrogens with zero attached hydrogens (tertiary/aromatic N) is 2. The van der Waals surface area contributed by atoms with E-state index in [-0.39, 0.29) is 12.6 Å². The van der Waals surface area contributed by atoms with Crippen molar-refractivity contribution in [2.75, 3.05) is 0 Å². The summed E-state index contributed by atoms with van der Waals surface area (Å²) in [6.07, 6.45) is 12.6. The van der Waals surface area contributed by atoms with Crippen LogP contribution >= 0.6 is 0 Å². The van der Waals surface area contributed by atoms with Gasteiger partial charge in [-0.25, -0.2) is 0 Å². The Morgan fingerprint density at radius 1 is 0.824 bits per heavy atom. The minimum absolute atomic E-state index is 0.0502. The second kappa shape index (κ2) is 11.8. The molecule has 3 aliphatic rings. The molecular weight excluding hydrogens is 623 g/mol. The topological polar surface area (TPSA) is 36.3 Å². The second-order valence-corrected chi connectivity index (χ2v) is 13.8. The predicted molar refractivity (Wildman–Crippen MR) is 209 cm³/mol. The molecule has 10 rings (SSSR count). The molecule has 0 saturated carbocycles. The van der Waals surface area contributed by atoms with E-state index in [4.69, 9.17) is 9.47 Å². The number of aromatic nitrogens is 2. The quantitative estimate of drug-likeness (QED) is 0.167. The number of benzene rings is 5. The molecule has 244 valence electrons. The fourth-order valence-corrected chi connectivity index (χ4v) is 8.70. The van der Waals surface area contributed by atoms with E-state index in [0.29, 0.717) is 0 Å². The number of rotatable bonds is 6. The molecule has 0 amide bonds. The first kappa shape index (κ1) is 29.8. The van der Waals surface area contributed by atoms with Crippen LogP contribution in [-0.2, 0) is 12.8 Å². The van der Waals surface area contributed by atoms with Crippen molar-refractivity contribution in [3.05, 3.63) is 174 Å². The number of ether oxygens (including phenoxy) is 2. The van der Waals surface area contributed by atoms with Gasteiger partial charge in [-0.05, 0) is 112 Å².